The van der Waals surface area contributed by atoms with Crippen molar-refractivity contribution in [3.63, 3.8) is 0 Å². The van der Waals surface area contributed by atoms with Crippen LogP contribution < -0.4 is 0 Å². The number of hydrogen-bond acceptors (Lipinski definition) is 6. The molecule has 0 aromatic heterocycles. The van der Waals surface area contributed by atoms with Crippen molar-refractivity contribution in [1.29, 1.82) is 0 Å². The van der Waals surface area contributed by atoms with Gasteiger partial charge in [-0.2, -0.15) is 0 Å². The largest absolute Gasteiger partial charge is 0.393 e. The fourth-order valence-electron chi connectivity index (χ4n) is 3.18. The minimum Gasteiger partial charge on any atom is -0.393 e. The van der Waals surface area contributed by atoms with E-state index in [1.165, 1.54) is 0 Å². The molecule has 2 fully saturated rings. The zero-order chi connectivity index (χ0) is 13.7. The molecule has 0 unspecified atom stereocenters. The average Bonchev–Trinajstić information content (AvgIpc) is 2.80. The van der Waals surface area contributed by atoms with Crippen molar-refractivity contribution >= 4 is 23.9 Å². The molecule has 0 N–H and O–H groups in total. The van der Waals surface area contributed by atoms with Crippen LogP contribution >= 0.6 is 0 Å². The van der Waals surface area contributed by atoms with E-state index in [2.05, 4.69) is 9.47 Å². The molecule has 19 heavy (non-hydrogen) atoms. The van der Waals surface area contributed by atoms with Gasteiger partial charge in [-0.15, -0.1) is 0 Å². The van der Waals surface area contributed by atoms with Crippen molar-refractivity contribution in [3.05, 3.63) is 11.6 Å². The quantitative estimate of drug-likeness (QED) is 0.386. The van der Waals surface area contributed by atoms with Crippen LogP contribution in [0.1, 0.15) is 19.8 Å². The van der Waals surface area contributed by atoms with Crippen molar-refractivity contribution in [1.82, 2.24) is 0 Å². The van der Waals surface area contributed by atoms with Gasteiger partial charge in [0.2, 0.25) is 0 Å². The van der Waals surface area contributed by atoms with Gasteiger partial charge in [-0.25, -0.2) is 0 Å². The highest BCUT2D eigenvalue weighted by Crippen LogP contribution is 2.43. The van der Waals surface area contributed by atoms with E-state index in [0.717, 1.165) is 5.57 Å². The molecule has 6 heteroatoms. The third-order valence-electron chi connectivity index (χ3n) is 4.07. The van der Waals surface area contributed by atoms with Gasteiger partial charge >= 0.3 is 23.9 Å². The Kier molecular flexibility index (Phi) is 2.55. The number of fused-ring (bicyclic) bond motifs is 1. The zero-order valence-corrected chi connectivity index (χ0v) is 10.3. The Balaban J connectivity index is 1.89. The summed E-state index contributed by atoms with van der Waals surface area (Å²) in [5, 5.41) is 0. The summed E-state index contributed by atoms with van der Waals surface area (Å²) in [6.45, 7) is 1.74. The van der Waals surface area contributed by atoms with Crippen molar-refractivity contribution < 1.29 is 28.7 Å². The van der Waals surface area contributed by atoms with Crippen LogP contribution in [0.3, 0.4) is 0 Å². The van der Waals surface area contributed by atoms with Crippen molar-refractivity contribution in [2.75, 3.05) is 0 Å². The van der Waals surface area contributed by atoms with Crippen LogP contribution in [0.5, 0.6) is 0 Å². The molecular formula is C13H12O6. The highest BCUT2D eigenvalue weighted by atomic mass is 16.6. The van der Waals surface area contributed by atoms with E-state index in [0.29, 0.717) is 6.42 Å². The summed E-state index contributed by atoms with van der Waals surface area (Å²) in [5.41, 5.74) is 0.726. The maximum Gasteiger partial charge on any atom is 0.321 e. The Morgan fingerprint density at radius 1 is 1.00 bits per heavy atom. The summed E-state index contributed by atoms with van der Waals surface area (Å²) < 4.78 is 9.17. The lowest BCUT2D eigenvalue weighted by Crippen LogP contribution is -2.31. The number of allylic oxidation sites excluding steroid dienone is 1. The normalized spacial score (nSPS) is 37.8. The smallest absolute Gasteiger partial charge is 0.321 e. The molecule has 3 aliphatic rings. The van der Waals surface area contributed by atoms with E-state index in [9.17, 15) is 19.2 Å². The number of cyclic esters (lactones) is 4. The molecule has 2 saturated heterocycles. The minimum absolute atomic E-state index is 0.0354. The summed E-state index contributed by atoms with van der Waals surface area (Å²) in [4.78, 5) is 45.9. The maximum absolute atomic E-state index is 11.6. The minimum atomic E-state index is -0.549. The van der Waals surface area contributed by atoms with Crippen molar-refractivity contribution in [2.45, 2.75) is 19.8 Å². The molecule has 0 saturated carbocycles. The van der Waals surface area contributed by atoms with Gasteiger partial charge in [0.1, 0.15) is 0 Å². The molecule has 1 aliphatic carbocycles. The molecule has 100 valence electrons. The van der Waals surface area contributed by atoms with Crippen LogP contribution in [0.4, 0.5) is 0 Å². The maximum atomic E-state index is 11.6. The van der Waals surface area contributed by atoms with E-state index in [1.54, 1.807) is 13.0 Å². The molecular weight excluding hydrogens is 252 g/mol. The van der Waals surface area contributed by atoms with Crippen molar-refractivity contribution in [2.24, 2.45) is 23.7 Å². The Hall–Kier alpha value is -1.98. The van der Waals surface area contributed by atoms with E-state index in [1.807, 2.05) is 0 Å². The predicted octanol–water partition coefficient (Wildman–Crippen LogP) is 0.358. The topological polar surface area (TPSA) is 86.7 Å². The summed E-state index contributed by atoms with van der Waals surface area (Å²) in [6, 6.07) is 0. The van der Waals surface area contributed by atoms with E-state index >= 15 is 0 Å². The number of esters is 4. The molecule has 3 rings (SSSR count). The first-order chi connectivity index (χ1) is 8.97. The average molecular weight is 264 g/mol. The summed E-state index contributed by atoms with van der Waals surface area (Å²) in [7, 11) is 0. The van der Waals surface area contributed by atoms with Crippen LogP contribution in [-0.4, -0.2) is 23.9 Å². The predicted molar refractivity (Wildman–Crippen MR) is 59.1 cm³/mol. The SMILES string of the molecule is CC1=C[C@H]([C@@H]2CC(=O)OC2=O)C[C@@H]2C(=O)OC(=O)[C@H]12. The first kappa shape index (κ1) is 12.1. The standard InChI is InChI=1S/C13H12O6/c1-5-2-6(7-4-9(14)18-11(7)15)3-8-10(5)13(17)19-12(8)16/h2,6-8,10H,3-4H2,1H3/t6-,7-,8-,10+/m0/s1. The van der Waals surface area contributed by atoms with Gasteiger partial charge in [-0.05, 0) is 19.3 Å². The van der Waals surface area contributed by atoms with E-state index < -0.39 is 41.6 Å². The first-order valence-electron chi connectivity index (χ1n) is 6.15. The second-order valence-electron chi connectivity index (χ2n) is 5.24. The Morgan fingerprint density at radius 2 is 1.68 bits per heavy atom. The van der Waals surface area contributed by atoms with Gasteiger partial charge in [0.05, 0.1) is 24.2 Å². The van der Waals surface area contributed by atoms with Crippen LogP contribution in [0, 0.1) is 23.7 Å². The Morgan fingerprint density at radius 3 is 2.32 bits per heavy atom. The summed E-state index contributed by atoms with van der Waals surface area (Å²) in [6.07, 6.45) is 2.18. The number of carbonyl (C=O) groups is 4. The lowest BCUT2D eigenvalue weighted by Gasteiger charge is -2.27. The van der Waals surface area contributed by atoms with Crippen LogP contribution in [0.15, 0.2) is 11.6 Å². The molecule has 6 nitrogen and oxygen atoms in total. The third-order valence-corrected chi connectivity index (χ3v) is 4.07. The number of rotatable bonds is 1. The van der Waals surface area contributed by atoms with E-state index in [4.69, 9.17) is 0 Å². The number of carbonyl (C=O) groups excluding carboxylic acids is 4. The highest BCUT2D eigenvalue weighted by molar-refractivity contribution is 5.99. The Labute approximate surface area is 108 Å². The van der Waals surface area contributed by atoms with Crippen molar-refractivity contribution in [3.8, 4) is 0 Å². The molecule has 2 heterocycles. The van der Waals surface area contributed by atoms with Crippen LogP contribution in [-0.2, 0) is 28.7 Å². The van der Waals surface area contributed by atoms with Gasteiger partial charge in [0.15, 0.2) is 0 Å². The number of ether oxygens (including phenoxy) is 2. The van der Waals surface area contributed by atoms with Gasteiger partial charge in [0, 0.05) is 0 Å². The second kappa shape index (κ2) is 4.01. The molecule has 0 aromatic carbocycles. The molecule has 0 radical (unpaired) electrons. The summed E-state index contributed by atoms with van der Waals surface area (Å²) >= 11 is 0. The molecule has 4 atom stereocenters. The Bertz CT molecular complexity index is 531. The summed E-state index contributed by atoms with van der Waals surface area (Å²) in [5.74, 6) is -4.01. The molecule has 0 amide bonds. The van der Waals surface area contributed by atoms with Gasteiger partial charge in [0.25, 0.3) is 0 Å². The van der Waals surface area contributed by atoms with Gasteiger partial charge in [-0.1, -0.05) is 11.6 Å². The van der Waals surface area contributed by atoms with Crippen LogP contribution in [0.2, 0.25) is 0 Å². The molecule has 0 aromatic rings. The third kappa shape index (κ3) is 1.78. The monoisotopic (exact) mass is 264 g/mol. The van der Waals surface area contributed by atoms with E-state index in [-0.39, 0.29) is 12.3 Å². The second-order valence-corrected chi connectivity index (χ2v) is 5.24. The first-order valence-corrected chi connectivity index (χ1v) is 6.15. The lowest BCUT2D eigenvalue weighted by molar-refractivity contribution is -0.155. The molecule has 0 bridgehead atoms. The zero-order valence-electron chi connectivity index (χ0n) is 10.3. The number of hydrogen-bond donors (Lipinski definition) is 0. The fraction of sp³-hybridized carbons (Fsp3) is 0.538. The van der Waals surface area contributed by atoms with Gasteiger partial charge in [-0.3, -0.25) is 19.2 Å². The highest BCUT2D eigenvalue weighted by Gasteiger charge is 2.51. The fourth-order valence-corrected chi connectivity index (χ4v) is 3.18. The lowest BCUT2D eigenvalue weighted by atomic mass is 9.72. The molecule has 0 spiro atoms. The molecule has 2 aliphatic heterocycles. The van der Waals surface area contributed by atoms with Gasteiger partial charge < -0.3 is 9.47 Å². The van der Waals surface area contributed by atoms with Crippen LogP contribution in [0.25, 0.3) is 0 Å².